The van der Waals surface area contributed by atoms with E-state index in [0.717, 1.165) is 46.1 Å². The van der Waals surface area contributed by atoms with E-state index in [9.17, 15) is 8.42 Å². The standard InChI is InChI=1S/C18H17N3O2S2/c1-25(22,23)14-4-2-12(3-5-14)15-6-7-16-18(20-15)24-17(21-16)13-8-10-19-11-9-13/h2-8,19H,9-11H2,1H3. The minimum atomic E-state index is -3.19. The van der Waals surface area contributed by atoms with E-state index in [1.54, 1.807) is 35.6 Å². The molecule has 2 aromatic heterocycles. The predicted octanol–water partition coefficient (Wildman–Crippen LogP) is 3.14. The molecule has 0 spiro atoms. The van der Waals surface area contributed by atoms with Gasteiger partial charge in [-0.2, -0.15) is 0 Å². The third-order valence-corrected chi connectivity index (χ3v) is 6.34. The second-order valence-electron chi connectivity index (χ2n) is 6.02. The zero-order chi connectivity index (χ0) is 17.4. The highest BCUT2D eigenvalue weighted by molar-refractivity contribution is 7.90. The molecule has 0 bridgehead atoms. The lowest BCUT2D eigenvalue weighted by atomic mass is 10.1. The van der Waals surface area contributed by atoms with E-state index in [0.29, 0.717) is 4.90 Å². The summed E-state index contributed by atoms with van der Waals surface area (Å²) in [5.41, 5.74) is 3.89. The van der Waals surface area contributed by atoms with Crippen LogP contribution >= 0.6 is 11.3 Å². The number of thiazole rings is 1. The zero-order valence-electron chi connectivity index (χ0n) is 13.7. The molecule has 0 unspecified atom stereocenters. The van der Waals surface area contributed by atoms with Crippen molar-refractivity contribution in [3.63, 3.8) is 0 Å². The van der Waals surface area contributed by atoms with E-state index < -0.39 is 9.84 Å². The molecule has 3 aromatic rings. The summed E-state index contributed by atoms with van der Waals surface area (Å²) < 4.78 is 23.2. The van der Waals surface area contributed by atoms with E-state index in [1.807, 2.05) is 12.1 Å². The van der Waals surface area contributed by atoms with Crippen LogP contribution in [0.4, 0.5) is 0 Å². The van der Waals surface area contributed by atoms with Crippen LogP contribution in [0.25, 0.3) is 27.2 Å². The van der Waals surface area contributed by atoms with Crippen LogP contribution in [0.5, 0.6) is 0 Å². The molecule has 0 aliphatic carbocycles. The Bertz CT molecular complexity index is 1070. The van der Waals surface area contributed by atoms with Gasteiger partial charge in [-0.15, -0.1) is 0 Å². The lowest BCUT2D eigenvalue weighted by Crippen LogP contribution is -2.19. The van der Waals surface area contributed by atoms with Gasteiger partial charge >= 0.3 is 0 Å². The average Bonchev–Trinajstić information content (AvgIpc) is 3.05. The van der Waals surface area contributed by atoms with Crippen molar-refractivity contribution in [2.45, 2.75) is 11.3 Å². The van der Waals surface area contributed by atoms with Crippen LogP contribution in [-0.2, 0) is 9.84 Å². The number of sulfone groups is 1. The number of fused-ring (bicyclic) bond motifs is 1. The fraction of sp³-hybridized carbons (Fsp3) is 0.222. The Labute approximate surface area is 150 Å². The number of benzene rings is 1. The molecule has 1 aliphatic heterocycles. The highest BCUT2D eigenvalue weighted by Crippen LogP contribution is 2.30. The van der Waals surface area contributed by atoms with Crippen molar-refractivity contribution in [1.82, 2.24) is 15.3 Å². The molecule has 0 fully saturated rings. The van der Waals surface area contributed by atoms with E-state index in [-0.39, 0.29) is 0 Å². The lowest BCUT2D eigenvalue weighted by molar-refractivity contribution is 0.602. The molecular formula is C18H17N3O2S2. The summed E-state index contributed by atoms with van der Waals surface area (Å²) in [6.07, 6.45) is 4.38. The average molecular weight is 371 g/mol. The third kappa shape index (κ3) is 3.35. The van der Waals surface area contributed by atoms with Crippen LogP contribution in [0.15, 0.2) is 47.4 Å². The Balaban J connectivity index is 1.70. The van der Waals surface area contributed by atoms with Gasteiger partial charge in [0.05, 0.1) is 10.6 Å². The molecule has 3 heterocycles. The normalized spacial score (nSPS) is 15.3. The van der Waals surface area contributed by atoms with Gasteiger partial charge in [-0.25, -0.2) is 18.4 Å². The van der Waals surface area contributed by atoms with E-state index >= 15 is 0 Å². The predicted molar refractivity (Wildman–Crippen MR) is 101 cm³/mol. The number of hydrogen-bond acceptors (Lipinski definition) is 6. The van der Waals surface area contributed by atoms with Gasteiger partial charge in [-0.1, -0.05) is 29.5 Å². The van der Waals surface area contributed by atoms with E-state index in [1.165, 1.54) is 11.8 Å². The number of nitrogens with one attached hydrogen (secondary N) is 1. The molecule has 7 heteroatoms. The molecule has 1 aliphatic rings. The summed E-state index contributed by atoms with van der Waals surface area (Å²) in [6, 6.07) is 10.7. The number of hydrogen-bond donors (Lipinski definition) is 1. The Morgan fingerprint density at radius 3 is 2.56 bits per heavy atom. The van der Waals surface area contributed by atoms with Crippen molar-refractivity contribution in [2.75, 3.05) is 19.3 Å². The monoisotopic (exact) mass is 371 g/mol. The van der Waals surface area contributed by atoms with Crippen LogP contribution in [0.1, 0.15) is 11.4 Å². The van der Waals surface area contributed by atoms with E-state index in [4.69, 9.17) is 9.97 Å². The van der Waals surface area contributed by atoms with Crippen molar-refractivity contribution >= 4 is 37.1 Å². The topological polar surface area (TPSA) is 72.0 Å². The molecule has 1 N–H and O–H groups in total. The van der Waals surface area contributed by atoms with Gasteiger partial charge in [-0.05, 0) is 42.8 Å². The molecule has 0 atom stereocenters. The maximum absolute atomic E-state index is 11.6. The Morgan fingerprint density at radius 1 is 1.08 bits per heavy atom. The number of aromatic nitrogens is 2. The maximum Gasteiger partial charge on any atom is 0.175 e. The summed E-state index contributed by atoms with van der Waals surface area (Å²) in [4.78, 5) is 10.6. The lowest BCUT2D eigenvalue weighted by Gasteiger charge is -2.10. The number of rotatable bonds is 3. The molecule has 1 aromatic carbocycles. The quantitative estimate of drug-likeness (QED) is 0.766. The zero-order valence-corrected chi connectivity index (χ0v) is 15.3. The molecule has 0 amide bonds. The first kappa shape index (κ1) is 16.4. The first-order valence-corrected chi connectivity index (χ1v) is 10.7. The SMILES string of the molecule is CS(=O)(=O)c1ccc(-c2ccc3nc(C4=CCNCC4)sc3n2)cc1. The van der Waals surface area contributed by atoms with Crippen LogP contribution in [0, 0.1) is 0 Å². The fourth-order valence-corrected chi connectivity index (χ4v) is 4.44. The van der Waals surface area contributed by atoms with E-state index in [2.05, 4.69) is 11.4 Å². The van der Waals surface area contributed by atoms with Gasteiger partial charge < -0.3 is 5.32 Å². The smallest absolute Gasteiger partial charge is 0.175 e. The van der Waals surface area contributed by atoms with Gasteiger partial charge in [0.2, 0.25) is 0 Å². The number of pyridine rings is 1. The Kier molecular flexibility index (Phi) is 4.15. The second-order valence-corrected chi connectivity index (χ2v) is 9.01. The third-order valence-electron chi connectivity index (χ3n) is 4.17. The van der Waals surface area contributed by atoms with Crippen LogP contribution in [-0.4, -0.2) is 37.7 Å². The largest absolute Gasteiger partial charge is 0.313 e. The van der Waals surface area contributed by atoms with Crippen molar-refractivity contribution in [2.24, 2.45) is 0 Å². The summed E-state index contributed by atoms with van der Waals surface area (Å²) >= 11 is 1.61. The summed E-state index contributed by atoms with van der Waals surface area (Å²) in [6.45, 7) is 1.86. The van der Waals surface area contributed by atoms with Crippen LogP contribution < -0.4 is 5.32 Å². The second kappa shape index (κ2) is 6.33. The van der Waals surface area contributed by atoms with Crippen LogP contribution in [0.3, 0.4) is 0 Å². The van der Waals surface area contributed by atoms with Gasteiger partial charge in [0.15, 0.2) is 9.84 Å². The van der Waals surface area contributed by atoms with Crippen LogP contribution in [0.2, 0.25) is 0 Å². The Hall–Kier alpha value is -2.09. The molecule has 5 nitrogen and oxygen atoms in total. The summed E-state index contributed by atoms with van der Waals surface area (Å²) in [7, 11) is -3.19. The van der Waals surface area contributed by atoms with Gasteiger partial charge in [0.25, 0.3) is 0 Å². The minimum absolute atomic E-state index is 0.315. The van der Waals surface area contributed by atoms with Crippen molar-refractivity contribution < 1.29 is 8.42 Å². The molecule has 25 heavy (non-hydrogen) atoms. The highest BCUT2D eigenvalue weighted by atomic mass is 32.2. The summed E-state index contributed by atoms with van der Waals surface area (Å²) in [5, 5.41) is 4.34. The first-order chi connectivity index (χ1) is 12.0. The van der Waals surface area contributed by atoms with Crippen molar-refractivity contribution in [3.8, 4) is 11.3 Å². The highest BCUT2D eigenvalue weighted by Gasteiger charge is 2.13. The molecule has 128 valence electrons. The Morgan fingerprint density at radius 2 is 1.88 bits per heavy atom. The fourth-order valence-electron chi connectivity index (χ4n) is 2.80. The molecule has 0 saturated heterocycles. The van der Waals surface area contributed by atoms with Crippen molar-refractivity contribution in [1.29, 1.82) is 0 Å². The van der Waals surface area contributed by atoms with Gasteiger partial charge in [0, 0.05) is 18.4 Å². The number of nitrogens with zero attached hydrogens (tertiary/aromatic N) is 2. The van der Waals surface area contributed by atoms with Gasteiger partial charge in [0.1, 0.15) is 15.4 Å². The molecular weight excluding hydrogens is 354 g/mol. The minimum Gasteiger partial charge on any atom is -0.313 e. The summed E-state index contributed by atoms with van der Waals surface area (Å²) in [5.74, 6) is 0. The molecule has 0 saturated carbocycles. The molecule has 4 rings (SSSR count). The van der Waals surface area contributed by atoms with Crippen molar-refractivity contribution in [3.05, 3.63) is 47.5 Å². The maximum atomic E-state index is 11.6. The first-order valence-electron chi connectivity index (χ1n) is 7.99. The molecule has 0 radical (unpaired) electrons. The van der Waals surface area contributed by atoms with Gasteiger partial charge in [-0.3, -0.25) is 0 Å².